The molecule has 0 unspecified atom stereocenters. The van der Waals surface area contributed by atoms with Gasteiger partial charge in [-0.1, -0.05) is 15.9 Å². The Morgan fingerprint density at radius 2 is 2.15 bits per heavy atom. The van der Waals surface area contributed by atoms with E-state index >= 15 is 0 Å². The lowest BCUT2D eigenvalue weighted by Crippen LogP contribution is -1.98. The molecule has 0 aliphatic carbocycles. The van der Waals surface area contributed by atoms with Crippen LogP contribution in [0.5, 0.6) is 5.75 Å². The first-order valence-corrected chi connectivity index (χ1v) is 5.49. The molecule has 0 spiro atoms. The van der Waals surface area contributed by atoms with Crippen molar-refractivity contribution in [3.05, 3.63) is 27.7 Å². The predicted molar refractivity (Wildman–Crippen MR) is 59.6 cm³/mol. The van der Waals surface area contributed by atoms with Gasteiger partial charge in [-0.2, -0.15) is 0 Å². The first-order chi connectivity index (χ1) is 6.19. The molecule has 1 rings (SSSR count). The third-order valence-corrected chi connectivity index (χ3v) is 2.49. The van der Waals surface area contributed by atoms with Crippen LogP contribution in [0.15, 0.2) is 16.6 Å². The highest BCUT2D eigenvalue weighted by atomic mass is 79.9. The predicted octanol–water partition coefficient (Wildman–Crippen LogP) is 3.90. The number of hydrogen-bond donors (Lipinski definition) is 0. The number of ether oxygens (including phenoxy) is 1. The van der Waals surface area contributed by atoms with Crippen molar-refractivity contribution < 1.29 is 4.74 Å². The third-order valence-electron chi connectivity index (χ3n) is 1.75. The van der Waals surface area contributed by atoms with Gasteiger partial charge in [-0.15, -0.1) is 11.6 Å². The molecule has 0 N–H and O–H groups in total. The molecule has 0 saturated carbocycles. The molecule has 0 radical (unpaired) electrons. The lowest BCUT2D eigenvalue weighted by atomic mass is 10.1. The van der Waals surface area contributed by atoms with Gasteiger partial charge in [0.25, 0.3) is 0 Å². The summed E-state index contributed by atoms with van der Waals surface area (Å²) >= 11 is 9.24. The van der Waals surface area contributed by atoms with E-state index in [0.29, 0.717) is 12.5 Å². The molecule has 0 aliphatic rings. The minimum absolute atomic E-state index is 0.482. The van der Waals surface area contributed by atoms with Gasteiger partial charge in [-0.3, -0.25) is 0 Å². The van der Waals surface area contributed by atoms with E-state index in [1.807, 2.05) is 26.0 Å². The first-order valence-electron chi connectivity index (χ1n) is 4.16. The summed E-state index contributed by atoms with van der Waals surface area (Å²) < 4.78 is 6.55. The normalized spacial score (nSPS) is 10.2. The number of aryl methyl sites for hydroxylation is 1. The van der Waals surface area contributed by atoms with Crippen LogP contribution in [0.1, 0.15) is 18.1 Å². The Balaban J connectivity index is 3.13. The summed E-state index contributed by atoms with van der Waals surface area (Å²) in [6.45, 7) is 4.66. The Morgan fingerprint density at radius 1 is 1.46 bits per heavy atom. The van der Waals surface area contributed by atoms with Gasteiger partial charge in [-0.25, -0.2) is 0 Å². The molecular weight excluding hydrogens is 251 g/mol. The number of halogens is 2. The van der Waals surface area contributed by atoms with E-state index in [4.69, 9.17) is 16.3 Å². The Labute approximate surface area is 92.2 Å². The topological polar surface area (TPSA) is 9.23 Å². The summed E-state index contributed by atoms with van der Waals surface area (Å²) in [7, 11) is 0. The summed E-state index contributed by atoms with van der Waals surface area (Å²) in [4.78, 5) is 0. The number of hydrogen-bond acceptors (Lipinski definition) is 1. The lowest BCUT2D eigenvalue weighted by molar-refractivity contribution is 0.335. The fourth-order valence-electron chi connectivity index (χ4n) is 1.25. The molecule has 13 heavy (non-hydrogen) atoms. The molecule has 0 aliphatic heterocycles. The fourth-order valence-corrected chi connectivity index (χ4v) is 2.07. The largest absolute Gasteiger partial charge is 0.493 e. The zero-order valence-electron chi connectivity index (χ0n) is 7.73. The van der Waals surface area contributed by atoms with Gasteiger partial charge in [0.2, 0.25) is 0 Å². The fraction of sp³-hybridized carbons (Fsp3) is 0.400. The molecule has 1 nitrogen and oxygen atoms in total. The Bertz CT molecular complexity index is 299. The van der Waals surface area contributed by atoms with Crippen molar-refractivity contribution >= 4 is 27.5 Å². The molecule has 0 amide bonds. The lowest BCUT2D eigenvalue weighted by Gasteiger charge is -2.11. The van der Waals surface area contributed by atoms with Crippen LogP contribution in [-0.4, -0.2) is 6.61 Å². The molecule has 0 bridgehead atoms. The maximum Gasteiger partial charge on any atom is 0.126 e. The second-order valence-corrected chi connectivity index (χ2v) is 3.96. The SMILES string of the molecule is CCOc1c(C)cc(Br)cc1CCl. The molecule has 72 valence electrons. The van der Waals surface area contributed by atoms with E-state index in [9.17, 15) is 0 Å². The van der Waals surface area contributed by atoms with Gasteiger partial charge in [0.15, 0.2) is 0 Å². The van der Waals surface area contributed by atoms with Gasteiger partial charge >= 0.3 is 0 Å². The number of benzene rings is 1. The van der Waals surface area contributed by atoms with Crippen LogP contribution in [0.3, 0.4) is 0 Å². The van der Waals surface area contributed by atoms with E-state index in [1.54, 1.807) is 0 Å². The maximum atomic E-state index is 5.81. The first kappa shape index (κ1) is 10.9. The summed E-state index contributed by atoms with van der Waals surface area (Å²) in [6.07, 6.45) is 0. The van der Waals surface area contributed by atoms with Crippen molar-refractivity contribution in [2.75, 3.05) is 6.61 Å². The van der Waals surface area contributed by atoms with Crippen LogP contribution in [0.4, 0.5) is 0 Å². The molecule has 0 fully saturated rings. The van der Waals surface area contributed by atoms with Crippen LogP contribution >= 0.6 is 27.5 Å². The van der Waals surface area contributed by atoms with E-state index in [0.717, 1.165) is 21.3 Å². The average molecular weight is 264 g/mol. The molecule has 1 aromatic carbocycles. The summed E-state index contributed by atoms with van der Waals surface area (Å²) in [5.74, 6) is 1.40. The Kier molecular flexibility index (Phi) is 4.07. The van der Waals surface area contributed by atoms with Gasteiger partial charge in [-0.05, 0) is 31.5 Å². The van der Waals surface area contributed by atoms with E-state index in [-0.39, 0.29) is 0 Å². The second-order valence-electron chi connectivity index (χ2n) is 2.78. The van der Waals surface area contributed by atoms with Crippen molar-refractivity contribution in [3.63, 3.8) is 0 Å². The van der Waals surface area contributed by atoms with Gasteiger partial charge in [0.05, 0.1) is 12.5 Å². The van der Waals surface area contributed by atoms with Crippen LogP contribution in [-0.2, 0) is 5.88 Å². The number of rotatable bonds is 3. The van der Waals surface area contributed by atoms with Crippen molar-refractivity contribution in [2.24, 2.45) is 0 Å². The highest BCUT2D eigenvalue weighted by Gasteiger charge is 2.07. The average Bonchev–Trinajstić information content (AvgIpc) is 2.09. The quantitative estimate of drug-likeness (QED) is 0.752. The maximum absolute atomic E-state index is 5.81. The summed E-state index contributed by atoms with van der Waals surface area (Å²) in [5, 5.41) is 0. The van der Waals surface area contributed by atoms with Crippen LogP contribution in [0.25, 0.3) is 0 Å². The number of alkyl halides is 1. The van der Waals surface area contributed by atoms with Crippen LogP contribution in [0, 0.1) is 6.92 Å². The van der Waals surface area contributed by atoms with E-state index < -0.39 is 0 Å². The minimum atomic E-state index is 0.482. The monoisotopic (exact) mass is 262 g/mol. The van der Waals surface area contributed by atoms with Crippen LogP contribution < -0.4 is 4.74 Å². The second kappa shape index (κ2) is 4.87. The molecule has 0 aromatic heterocycles. The zero-order valence-corrected chi connectivity index (χ0v) is 10.1. The molecule has 1 aromatic rings. The molecule has 0 saturated heterocycles. The van der Waals surface area contributed by atoms with Crippen molar-refractivity contribution in [3.8, 4) is 5.75 Å². The smallest absolute Gasteiger partial charge is 0.126 e. The van der Waals surface area contributed by atoms with Crippen LogP contribution in [0.2, 0.25) is 0 Å². The van der Waals surface area contributed by atoms with E-state index in [1.165, 1.54) is 0 Å². The third kappa shape index (κ3) is 2.61. The molecular formula is C10H12BrClO. The highest BCUT2D eigenvalue weighted by molar-refractivity contribution is 9.10. The Hall–Kier alpha value is -0.210. The van der Waals surface area contributed by atoms with Crippen molar-refractivity contribution in [2.45, 2.75) is 19.7 Å². The van der Waals surface area contributed by atoms with Gasteiger partial charge in [0, 0.05) is 10.0 Å². The Morgan fingerprint density at radius 3 is 2.69 bits per heavy atom. The molecule has 3 heteroatoms. The molecule has 0 atom stereocenters. The zero-order chi connectivity index (χ0) is 9.84. The molecule has 0 heterocycles. The van der Waals surface area contributed by atoms with Gasteiger partial charge < -0.3 is 4.74 Å². The standard InChI is InChI=1S/C10H12BrClO/c1-3-13-10-7(2)4-9(11)5-8(10)6-12/h4-5H,3,6H2,1-2H3. The highest BCUT2D eigenvalue weighted by Crippen LogP contribution is 2.29. The van der Waals surface area contributed by atoms with Gasteiger partial charge in [0.1, 0.15) is 5.75 Å². The van der Waals surface area contributed by atoms with E-state index in [2.05, 4.69) is 15.9 Å². The summed E-state index contributed by atoms with van der Waals surface area (Å²) in [5.41, 5.74) is 2.15. The van der Waals surface area contributed by atoms with Crippen molar-refractivity contribution in [1.82, 2.24) is 0 Å². The minimum Gasteiger partial charge on any atom is -0.493 e. The van der Waals surface area contributed by atoms with Crippen molar-refractivity contribution in [1.29, 1.82) is 0 Å². The summed E-state index contributed by atoms with van der Waals surface area (Å²) in [6, 6.07) is 4.02.